The van der Waals surface area contributed by atoms with Gasteiger partial charge in [0, 0.05) is 11.1 Å². The standard InChI is InChI=1S/C26H28N2O3S/c1-5-23(20-12-10-17(2)14-19(20)4)27-26(29)16-28-24-13-11-18(3)15-22(24)21-8-6-7-9-25(21)32(28,30)31/h6-15,23H,5,16H2,1-4H3,(H,27,29). The topological polar surface area (TPSA) is 66.5 Å². The van der Waals surface area contributed by atoms with Crippen molar-refractivity contribution >= 4 is 21.6 Å². The minimum atomic E-state index is -3.85. The highest BCUT2D eigenvalue weighted by Crippen LogP contribution is 2.43. The van der Waals surface area contributed by atoms with Crippen LogP contribution >= 0.6 is 0 Å². The maximum Gasteiger partial charge on any atom is 0.265 e. The summed E-state index contributed by atoms with van der Waals surface area (Å²) in [7, 11) is -3.85. The first-order chi connectivity index (χ1) is 15.2. The van der Waals surface area contributed by atoms with Crippen molar-refractivity contribution in [2.24, 2.45) is 0 Å². The number of benzene rings is 3. The second-order valence-electron chi connectivity index (χ2n) is 8.42. The summed E-state index contributed by atoms with van der Waals surface area (Å²) in [5, 5.41) is 3.05. The number of nitrogens with one attached hydrogen (secondary N) is 1. The Morgan fingerprint density at radius 3 is 2.34 bits per heavy atom. The van der Waals surface area contributed by atoms with E-state index in [9.17, 15) is 13.2 Å². The van der Waals surface area contributed by atoms with Gasteiger partial charge in [-0.25, -0.2) is 8.42 Å². The van der Waals surface area contributed by atoms with Gasteiger partial charge in [-0.15, -0.1) is 0 Å². The summed E-state index contributed by atoms with van der Waals surface area (Å²) in [6.45, 7) is 7.78. The number of carbonyl (C=O) groups is 1. The van der Waals surface area contributed by atoms with E-state index in [0.29, 0.717) is 17.7 Å². The molecule has 1 atom stereocenters. The average Bonchev–Trinajstić information content (AvgIpc) is 2.75. The summed E-state index contributed by atoms with van der Waals surface area (Å²) in [5.74, 6) is -0.327. The van der Waals surface area contributed by atoms with Crippen molar-refractivity contribution in [1.29, 1.82) is 0 Å². The van der Waals surface area contributed by atoms with Crippen LogP contribution in [-0.2, 0) is 14.8 Å². The molecule has 6 heteroatoms. The summed E-state index contributed by atoms with van der Waals surface area (Å²) < 4.78 is 28.1. The average molecular weight is 449 g/mol. The van der Waals surface area contributed by atoms with Crippen molar-refractivity contribution in [2.75, 3.05) is 10.8 Å². The van der Waals surface area contributed by atoms with Crippen LogP contribution in [0.25, 0.3) is 11.1 Å². The third-order valence-electron chi connectivity index (χ3n) is 6.00. The maximum atomic E-state index is 13.5. The lowest BCUT2D eigenvalue weighted by Crippen LogP contribution is -2.43. The summed E-state index contributed by atoms with van der Waals surface area (Å²) in [6, 6.07) is 18.6. The molecule has 0 fully saturated rings. The molecule has 0 bridgehead atoms. The lowest BCUT2D eigenvalue weighted by molar-refractivity contribution is -0.120. The number of hydrogen-bond acceptors (Lipinski definition) is 3. The van der Waals surface area contributed by atoms with Gasteiger partial charge in [0.15, 0.2) is 0 Å². The molecule has 0 saturated heterocycles. The molecular formula is C26H28N2O3S. The minimum absolute atomic E-state index is 0.180. The number of carbonyl (C=O) groups excluding carboxylic acids is 1. The molecule has 5 nitrogen and oxygen atoms in total. The molecule has 1 unspecified atom stereocenters. The van der Waals surface area contributed by atoms with Gasteiger partial charge in [0.1, 0.15) is 6.54 Å². The summed E-state index contributed by atoms with van der Waals surface area (Å²) in [4.78, 5) is 13.3. The Morgan fingerprint density at radius 1 is 0.938 bits per heavy atom. The van der Waals surface area contributed by atoms with E-state index in [2.05, 4.69) is 11.4 Å². The van der Waals surface area contributed by atoms with Crippen LogP contribution in [0.2, 0.25) is 0 Å². The monoisotopic (exact) mass is 448 g/mol. The molecule has 1 aliphatic heterocycles. The number of anilines is 1. The van der Waals surface area contributed by atoms with Crippen LogP contribution in [-0.4, -0.2) is 20.9 Å². The second-order valence-corrected chi connectivity index (χ2v) is 10.2. The molecule has 0 saturated carbocycles. The molecule has 3 aromatic rings. The van der Waals surface area contributed by atoms with Gasteiger partial charge in [-0.05, 0) is 56.5 Å². The highest BCUT2D eigenvalue weighted by Gasteiger charge is 2.36. The Bertz CT molecular complexity index is 1300. The van der Waals surface area contributed by atoms with E-state index in [1.165, 1.54) is 4.31 Å². The molecule has 1 aliphatic rings. The van der Waals surface area contributed by atoms with Gasteiger partial charge in [0.05, 0.1) is 16.6 Å². The van der Waals surface area contributed by atoms with Gasteiger partial charge in [0.25, 0.3) is 10.0 Å². The molecule has 0 spiro atoms. The fourth-order valence-corrected chi connectivity index (χ4v) is 6.05. The van der Waals surface area contributed by atoms with Gasteiger partial charge in [-0.3, -0.25) is 9.10 Å². The van der Waals surface area contributed by atoms with Crippen LogP contribution in [0.3, 0.4) is 0 Å². The number of amides is 1. The molecule has 3 aromatic carbocycles. The molecule has 0 radical (unpaired) electrons. The first kappa shape index (κ1) is 22.1. The molecule has 32 heavy (non-hydrogen) atoms. The third kappa shape index (κ3) is 3.91. The van der Waals surface area contributed by atoms with E-state index in [0.717, 1.165) is 27.8 Å². The minimum Gasteiger partial charge on any atom is -0.348 e. The highest BCUT2D eigenvalue weighted by molar-refractivity contribution is 7.93. The van der Waals surface area contributed by atoms with Crippen LogP contribution in [0, 0.1) is 20.8 Å². The molecule has 1 amide bonds. The Morgan fingerprint density at radius 2 is 1.62 bits per heavy atom. The van der Waals surface area contributed by atoms with E-state index in [1.807, 2.05) is 64.1 Å². The normalized spacial score (nSPS) is 14.9. The van der Waals surface area contributed by atoms with Crippen molar-refractivity contribution < 1.29 is 13.2 Å². The number of fused-ring (bicyclic) bond motifs is 3. The summed E-state index contributed by atoms with van der Waals surface area (Å²) in [5.41, 5.74) is 6.38. The first-order valence-corrected chi connectivity index (χ1v) is 12.3. The zero-order valence-electron chi connectivity index (χ0n) is 18.8. The van der Waals surface area contributed by atoms with E-state index < -0.39 is 10.0 Å². The largest absolute Gasteiger partial charge is 0.348 e. The highest BCUT2D eigenvalue weighted by atomic mass is 32.2. The van der Waals surface area contributed by atoms with Crippen molar-refractivity contribution in [2.45, 2.75) is 45.1 Å². The Labute approximate surface area is 190 Å². The summed E-state index contributed by atoms with van der Waals surface area (Å²) in [6.07, 6.45) is 0.709. The smallest absolute Gasteiger partial charge is 0.265 e. The van der Waals surface area contributed by atoms with Crippen molar-refractivity contribution in [3.63, 3.8) is 0 Å². The van der Waals surface area contributed by atoms with Crippen molar-refractivity contribution in [3.8, 4) is 11.1 Å². The number of rotatable bonds is 5. The van der Waals surface area contributed by atoms with Crippen LogP contribution in [0.4, 0.5) is 5.69 Å². The SMILES string of the molecule is CCC(NC(=O)CN1c2ccc(C)cc2-c2ccccc2S1(=O)=O)c1ccc(C)cc1C. The fraction of sp³-hybridized carbons (Fsp3) is 0.269. The molecule has 166 valence electrons. The van der Waals surface area contributed by atoms with E-state index in [1.54, 1.807) is 18.2 Å². The van der Waals surface area contributed by atoms with E-state index in [-0.39, 0.29) is 23.4 Å². The van der Waals surface area contributed by atoms with Gasteiger partial charge in [0.2, 0.25) is 5.91 Å². The van der Waals surface area contributed by atoms with Gasteiger partial charge < -0.3 is 5.32 Å². The molecule has 1 heterocycles. The van der Waals surface area contributed by atoms with Crippen molar-refractivity contribution in [3.05, 3.63) is 82.9 Å². The maximum absolute atomic E-state index is 13.5. The predicted octanol–water partition coefficient (Wildman–Crippen LogP) is 5.06. The Hall–Kier alpha value is -3.12. The Kier molecular flexibility index (Phi) is 5.82. The van der Waals surface area contributed by atoms with E-state index >= 15 is 0 Å². The number of sulfonamides is 1. The number of aryl methyl sites for hydroxylation is 3. The number of hydrogen-bond donors (Lipinski definition) is 1. The summed E-state index contributed by atoms with van der Waals surface area (Å²) >= 11 is 0. The molecule has 1 N–H and O–H groups in total. The fourth-order valence-electron chi connectivity index (χ4n) is 4.40. The van der Waals surface area contributed by atoms with Crippen LogP contribution in [0.15, 0.2) is 65.6 Å². The zero-order valence-corrected chi connectivity index (χ0v) is 19.7. The molecule has 4 rings (SSSR count). The lowest BCUT2D eigenvalue weighted by atomic mass is 9.97. The first-order valence-electron chi connectivity index (χ1n) is 10.8. The van der Waals surface area contributed by atoms with Gasteiger partial charge in [-0.1, -0.05) is 60.5 Å². The quantitative estimate of drug-likeness (QED) is 0.594. The number of nitrogens with zero attached hydrogens (tertiary/aromatic N) is 1. The van der Waals surface area contributed by atoms with Crippen LogP contribution in [0.1, 0.15) is 41.6 Å². The van der Waals surface area contributed by atoms with Crippen molar-refractivity contribution in [1.82, 2.24) is 5.32 Å². The zero-order chi connectivity index (χ0) is 23.0. The molecule has 0 aromatic heterocycles. The predicted molar refractivity (Wildman–Crippen MR) is 128 cm³/mol. The third-order valence-corrected chi connectivity index (χ3v) is 7.82. The van der Waals surface area contributed by atoms with Crippen LogP contribution < -0.4 is 9.62 Å². The lowest BCUT2D eigenvalue weighted by Gasteiger charge is -2.32. The van der Waals surface area contributed by atoms with Gasteiger partial charge in [-0.2, -0.15) is 0 Å². The van der Waals surface area contributed by atoms with Crippen LogP contribution in [0.5, 0.6) is 0 Å². The van der Waals surface area contributed by atoms with E-state index in [4.69, 9.17) is 0 Å². The van der Waals surface area contributed by atoms with Gasteiger partial charge >= 0.3 is 0 Å². The molecule has 0 aliphatic carbocycles. The molecular weight excluding hydrogens is 420 g/mol. The Balaban J connectivity index is 1.67. The second kappa shape index (κ2) is 8.43.